The standard InChI is InChI=1S/C16H16F2N4O2/c1-3-22-8-11(9(2)20-22)14-7-15(24-21-14)16(23)19-10-4-5-12(17)13(18)6-10/h4-6,8,15H,3,7H2,1-2H3,(H,19,23). The van der Waals surface area contributed by atoms with Crippen molar-refractivity contribution in [2.24, 2.45) is 5.16 Å². The molecule has 8 heteroatoms. The predicted octanol–water partition coefficient (Wildman–Crippen LogP) is 2.62. The number of nitrogens with zero attached hydrogens (tertiary/aromatic N) is 3. The fourth-order valence-electron chi connectivity index (χ4n) is 2.44. The molecule has 3 rings (SSSR count). The molecule has 0 aliphatic carbocycles. The topological polar surface area (TPSA) is 68.5 Å². The fourth-order valence-corrected chi connectivity index (χ4v) is 2.44. The molecule has 1 unspecified atom stereocenters. The molecule has 1 aromatic heterocycles. The van der Waals surface area contributed by atoms with Crippen molar-refractivity contribution in [3.8, 4) is 0 Å². The second kappa shape index (κ2) is 6.38. The normalized spacial score (nSPS) is 16.7. The van der Waals surface area contributed by atoms with E-state index in [1.807, 2.05) is 20.0 Å². The molecule has 1 aromatic carbocycles. The number of oxime groups is 1. The first kappa shape index (κ1) is 16.1. The SMILES string of the molecule is CCn1cc(C2=NOC(C(=O)Nc3ccc(F)c(F)c3)C2)c(C)n1. The van der Waals surface area contributed by atoms with Crippen LogP contribution >= 0.6 is 0 Å². The lowest BCUT2D eigenvalue weighted by Gasteiger charge is -2.09. The third-order valence-corrected chi connectivity index (χ3v) is 3.73. The molecule has 126 valence electrons. The molecular weight excluding hydrogens is 318 g/mol. The summed E-state index contributed by atoms with van der Waals surface area (Å²) in [4.78, 5) is 17.4. The summed E-state index contributed by atoms with van der Waals surface area (Å²) in [6.07, 6.45) is 1.32. The summed E-state index contributed by atoms with van der Waals surface area (Å²) in [5.41, 5.74) is 2.43. The van der Waals surface area contributed by atoms with Crippen LogP contribution in [0, 0.1) is 18.6 Å². The van der Waals surface area contributed by atoms with Gasteiger partial charge >= 0.3 is 0 Å². The highest BCUT2D eigenvalue weighted by atomic mass is 19.2. The van der Waals surface area contributed by atoms with Gasteiger partial charge in [-0.05, 0) is 26.0 Å². The zero-order valence-electron chi connectivity index (χ0n) is 13.2. The van der Waals surface area contributed by atoms with Gasteiger partial charge in [-0.15, -0.1) is 0 Å². The van der Waals surface area contributed by atoms with E-state index >= 15 is 0 Å². The Hall–Kier alpha value is -2.77. The predicted molar refractivity (Wildman–Crippen MR) is 83.7 cm³/mol. The van der Waals surface area contributed by atoms with E-state index in [4.69, 9.17) is 4.84 Å². The highest BCUT2D eigenvalue weighted by molar-refractivity contribution is 6.06. The molecular formula is C16H16F2N4O2. The third-order valence-electron chi connectivity index (χ3n) is 3.73. The molecule has 1 N–H and O–H groups in total. The van der Waals surface area contributed by atoms with E-state index < -0.39 is 23.6 Å². The van der Waals surface area contributed by atoms with Crippen molar-refractivity contribution in [1.29, 1.82) is 0 Å². The quantitative estimate of drug-likeness (QED) is 0.934. The molecule has 2 heterocycles. The maximum Gasteiger partial charge on any atom is 0.268 e. The van der Waals surface area contributed by atoms with Gasteiger partial charge in [-0.25, -0.2) is 8.78 Å². The Labute approximate surface area is 137 Å². The number of carbonyl (C=O) groups is 1. The van der Waals surface area contributed by atoms with E-state index in [0.717, 1.165) is 29.9 Å². The molecule has 24 heavy (non-hydrogen) atoms. The highest BCUT2D eigenvalue weighted by Gasteiger charge is 2.30. The minimum absolute atomic E-state index is 0.158. The van der Waals surface area contributed by atoms with Crippen LogP contribution in [0.1, 0.15) is 24.6 Å². The number of anilines is 1. The smallest absolute Gasteiger partial charge is 0.268 e. The largest absolute Gasteiger partial charge is 0.382 e. The van der Waals surface area contributed by atoms with Crippen LogP contribution in [0.25, 0.3) is 0 Å². The Morgan fingerprint density at radius 3 is 2.88 bits per heavy atom. The van der Waals surface area contributed by atoms with Crippen molar-refractivity contribution in [1.82, 2.24) is 9.78 Å². The first-order valence-corrected chi connectivity index (χ1v) is 7.51. The molecule has 2 aromatic rings. The van der Waals surface area contributed by atoms with Gasteiger partial charge in [0, 0.05) is 36.5 Å². The van der Waals surface area contributed by atoms with Crippen LogP contribution in [0.4, 0.5) is 14.5 Å². The summed E-state index contributed by atoms with van der Waals surface area (Å²) in [5, 5.41) is 10.8. The van der Waals surface area contributed by atoms with Gasteiger partial charge < -0.3 is 10.2 Å². The number of rotatable bonds is 4. The second-order valence-corrected chi connectivity index (χ2v) is 5.44. The summed E-state index contributed by atoms with van der Waals surface area (Å²) in [6, 6.07) is 3.15. The van der Waals surface area contributed by atoms with E-state index in [0.29, 0.717) is 5.71 Å². The average molecular weight is 334 g/mol. The maximum atomic E-state index is 13.2. The Morgan fingerprint density at radius 1 is 1.42 bits per heavy atom. The number of aryl methyl sites for hydroxylation is 2. The zero-order chi connectivity index (χ0) is 17.3. The van der Waals surface area contributed by atoms with Gasteiger partial charge in [0.05, 0.1) is 11.4 Å². The fraction of sp³-hybridized carbons (Fsp3) is 0.312. The van der Waals surface area contributed by atoms with Crippen LogP contribution in [-0.4, -0.2) is 27.5 Å². The molecule has 0 saturated heterocycles. The lowest BCUT2D eigenvalue weighted by Crippen LogP contribution is -2.28. The Balaban J connectivity index is 1.66. The van der Waals surface area contributed by atoms with E-state index in [2.05, 4.69) is 15.6 Å². The van der Waals surface area contributed by atoms with Gasteiger partial charge in [0.25, 0.3) is 5.91 Å². The van der Waals surface area contributed by atoms with Crippen molar-refractivity contribution in [2.45, 2.75) is 32.9 Å². The third kappa shape index (κ3) is 3.12. The van der Waals surface area contributed by atoms with Crippen molar-refractivity contribution in [3.05, 3.63) is 47.3 Å². The molecule has 1 aliphatic rings. The van der Waals surface area contributed by atoms with Gasteiger partial charge in [0.2, 0.25) is 6.10 Å². The van der Waals surface area contributed by atoms with Gasteiger partial charge in [0.15, 0.2) is 11.6 Å². The number of nitrogens with one attached hydrogen (secondary N) is 1. The monoisotopic (exact) mass is 334 g/mol. The first-order chi connectivity index (χ1) is 11.5. The van der Waals surface area contributed by atoms with Gasteiger partial charge in [-0.1, -0.05) is 5.16 Å². The Morgan fingerprint density at radius 2 is 2.21 bits per heavy atom. The van der Waals surface area contributed by atoms with Crippen molar-refractivity contribution in [2.75, 3.05) is 5.32 Å². The molecule has 0 bridgehead atoms. The summed E-state index contributed by atoms with van der Waals surface area (Å²) in [6.45, 7) is 4.56. The Kier molecular flexibility index (Phi) is 4.28. The lowest BCUT2D eigenvalue weighted by atomic mass is 10.1. The molecule has 0 saturated carbocycles. The van der Waals surface area contributed by atoms with Crippen molar-refractivity contribution < 1.29 is 18.4 Å². The lowest BCUT2D eigenvalue weighted by molar-refractivity contribution is -0.125. The van der Waals surface area contributed by atoms with Crippen LogP contribution in [0.15, 0.2) is 29.6 Å². The Bertz CT molecular complexity index is 816. The number of hydrogen-bond acceptors (Lipinski definition) is 4. The number of amides is 1. The van der Waals surface area contributed by atoms with Crippen LogP contribution in [0.3, 0.4) is 0 Å². The van der Waals surface area contributed by atoms with Crippen LogP contribution in [0.2, 0.25) is 0 Å². The molecule has 1 amide bonds. The van der Waals surface area contributed by atoms with Crippen LogP contribution < -0.4 is 5.32 Å². The van der Waals surface area contributed by atoms with E-state index in [1.165, 1.54) is 6.07 Å². The number of aromatic nitrogens is 2. The first-order valence-electron chi connectivity index (χ1n) is 7.51. The number of benzene rings is 1. The molecule has 0 radical (unpaired) electrons. The van der Waals surface area contributed by atoms with E-state index in [-0.39, 0.29) is 12.1 Å². The number of carbonyl (C=O) groups excluding carboxylic acids is 1. The summed E-state index contributed by atoms with van der Waals surface area (Å²) < 4.78 is 27.9. The highest BCUT2D eigenvalue weighted by Crippen LogP contribution is 2.21. The number of hydrogen-bond donors (Lipinski definition) is 1. The van der Waals surface area contributed by atoms with E-state index in [9.17, 15) is 13.6 Å². The molecule has 1 atom stereocenters. The van der Waals surface area contributed by atoms with Crippen molar-refractivity contribution in [3.63, 3.8) is 0 Å². The number of halogens is 2. The molecule has 6 nitrogen and oxygen atoms in total. The van der Waals surface area contributed by atoms with Crippen molar-refractivity contribution >= 4 is 17.3 Å². The second-order valence-electron chi connectivity index (χ2n) is 5.44. The average Bonchev–Trinajstić information content (AvgIpc) is 3.17. The van der Waals surface area contributed by atoms with Crippen LogP contribution in [0.5, 0.6) is 0 Å². The summed E-state index contributed by atoms with van der Waals surface area (Å²) >= 11 is 0. The molecule has 0 fully saturated rings. The summed E-state index contributed by atoms with van der Waals surface area (Å²) in [5.74, 6) is -2.47. The van der Waals surface area contributed by atoms with Gasteiger partial charge in [-0.2, -0.15) is 5.10 Å². The maximum absolute atomic E-state index is 13.2. The van der Waals surface area contributed by atoms with Gasteiger partial charge in [0.1, 0.15) is 0 Å². The summed E-state index contributed by atoms with van der Waals surface area (Å²) in [7, 11) is 0. The van der Waals surface area contributed by atoms with Crippen LogP contribution in [-0.2, 0) is 16.2 Å². The minimum Gasteiger partial charge on any atom is -0.382 e. The minimum atomic E-state index is -1.03. The molecule has 1 aliphatic heterocycles. The van der Waals surface area contributed by atoms with E-state index in [1.54, 1.807) is 4.68 Å². The zero-order valence-corrected chi connectivity index (χ0v) is 13.2. The van der Waals surface area contributed by atoms with Gasteiger partial charge in [-0.3, -0.25) is 9.48 Å². The molecule has 0 spiro atoms.